The predicted molar refractivity (Wildman–Crippen MR) is 77.4 cm³/mol. The van der Waals surface area contributed by atoms with E-state index in [0.29, 0.717) is 5.92 Å². The highest BCUT2D eigenvalue weighted by Crippen LogP contribution is 2.30. The first-order valence-electron chi connectivity index (χ1n) is 6.42. The molecule has 1 saturated heterocycles. The largest absolute Gasteiger partial charge is 0.397 e. The van der Waals surface area contributed by atoms with Crippen molar-refractivity contribution in [1.82, 2.24) is 0 Å². The molecule has 0 radical (unpaired) electrons. The van der Waals surface area contributed by atoms with E-state index in [1.165, 1.54) is 0 Å². The molecule has 3 nitrogen and oxygen atoms in total. The highest BCUT2D eigenvalue weighted by Gasteiger charge is 2.17. The molecule has 1 aliphatic heterocycles. The Bertz CT molecular complexity index is 417. The summed E-state index contributed by atoms with van der Waals surface area (Å²) < 4.78 is 5.38. The molecule has 1 aromatic rings. The van der Waals surface area contributed by atoms with Crippen LogP contribution in [0.4, 0.5) is 11.4 Å². The van der Waals surface area contributed by atoms with Crippen LogP contribution in [0.5, 0.6) is 0 Å². The molecule has 18 heavy (non-hydrogen) atoms. The van der Waals surface area contributed by atoms with E-state index in [1.807, 2.05) is 13.0 Å². The fourth-order valence-electron chi connectivity index (χ4n) is 2.43. The second kappa shape index (κ2) is 5.81. The molecule has 4 heteroatoms. The first-order chi connectivity index (χ1) is 8.58. The van der Waals surface area contributed by atoms with Crippen LogP contribution < -0.4 is 10.6 Å². The van der Waals surface area contributed by atoms with Crippen molar-refractivity contribution in [3.8, 4) is 0 Å². The zero-order valence-corrected chi connectivity index (χ0v) is 11.8. The maximum Gasteiger partial charge on any atom is 0.0601 e. The maximum absolute atomic E-state index is 6.07. The lowest BCUT2D eigenvalue weighted by Crippen LogP contribution is -2.30. The van der Waals surface area contributed by atoms with E-state index >= 15 is 0 Å². The van der Waals surface area contributed by atoms with Gasteiger partial charge in [0.2, 0.25) is 0 Å². The third-order valence-corrected chi connectivity index (χ3v) is 4.00. The Morgan fingerprint density at radius 2 is 2.06 bits per heavy atom. The molecule has 1 aromatic carbocycles. The number of nitrogen functional groups attached to an aromatic ring is 1. The molecule has 0 atom stereocenters. The average molecular weight is 269 g/mol. The number of benzene rings is 1. The van der Waals surface area contributed by atoms with Gasteiger partial charge in [-0.2, -0.15) is 0 Å². The molecule has 100 valence electrons. The minimum Gasteiger partial charge on any atom is -0.397 e. The predicted octanol–water partition coefficient (Wildman–Crippen LogP) is 3.09. The lowest BCUT2D eigenvalue weighted by molar-refractivity contribution is 0.0685. The van der Waals surface area contributed by atoms with Gasteiger partial charge in [-0.3, -0.25) is 0 Å². The molecule has 0 amide bonds. The summed E-state index contributed by atoms with van der Waals surface area (Å²) in [5, 5.41) is 0.732. The Kier molecular flexibility index (Phi) is 4.36. The molecule has 0 aliphatic carbocycles. The van der Waals surface area contributed by atoms with Gasteiger partial charge in [0.05, 0.1) is 11.4 Å². The van der Waals surface area contributed by atoms with Crippen molar-refractivity contribution in [3.63, 3.8) is 0 Å². The first-order valence-corrected chi connectivity index (χ1v) is 6.80. The van der Waals surface area contributed by atoms with E-state index < -0.39 is 0 Å². The number of nitrogens with two attached hydrogens (primary N) is 1. The van der Waals surface area contributed by atoms with E-state index in [9.17, 15) is 0 Å². The van der Waals surface area contributed by atoms with Gasteiger partial charge in [0.1, 0.15) is 0 Å². The molecule has 1 aliphatic rings. The summed E-state index contributed by atoms with van der Waals surface area (Å²) in [6.45, 7) is 4.80. The minimum atomic E-state index is 0.694. The second-order valence-corrected chi connectivity index (χ2v) is 5.50. The fraction of sp³-hybridized carbons (Fsp3) is 0.571. The van der Waals surface area contributed by atoms with Crippen molar-refractivity contribution in [2.45, 2.75) is 19.8 Å². The Morgan fingerprint density at radius 3 is 2.72 bits per heavy atom. The smallest absolute Gasteiger partial charge is 0.0601 e. The summed E-state index contributed by atoms with van der Waals surface area (Å²) in [4.78, 5) is 2.23. The number of hydrogen-bond donors (Lipinski definition) is 1. The SMILES string of the molecule is Cc1cc(N(C)CC2CCOCC2)c(N)cc1Cl. The molecular weight excluding hydrogens is 248 g/mol. The third-order valence-electron chi connectivity index (χ3n) is 3.59. The third kappa shape index (κ3) is 3.09. The van der Waals surface area contributed by atoms with Crippen LogP contribution in [0.15, 0.2) is 12.1 Å². The van der Waals surface area contributed by atoms with Crippen LogP contribution in [0.2, 0.25) is 5.02 Å². The van der Waals surface area contributed by atoms with E-state index in [4.69, 9.17) is 22.1 Å². The highest BCUT2D eigenvalue weighted by atomic mass is 35.5. The number of nitrogens with zero attached hydrogens (tertiary/aromatic N) is 1. The molecule has 0 unspecified atom stereocenters. The molecular formula is C14H21ClN2O. The van der Waals surface area contributed by atoms with Gasteiger partial charge < -0.3 is 15.4 Å². The van der Waals surface area contributed by atoms with Crippen molar-refractivity contribution in [1.29, 1.82) is 0 Å². The minimum absolute atomic E-state index is 0.694. The molecule has 2 N–H and O–H groups in total. The standard InChI is InChI=1S/C14H21ClN2O/c1-10-7-14(13(16)8-12(10)15)17(2)9-11-3-5-18-6-4-11/h7-8,11H,3-6,9,16H2,1-2H3. The van der Waals surface area contributed by atoms with Crippen LogP contribution in [0.1, 0.15) is 18.4 Å². The van der Waals surface area contributed by atoms with E-state index in [1.54, 1.807) is 0 Å². The number of ether oxygens (including phenoxy) is 1. The van der Waals surface area contributed by atoms with Crippen LogP contribution in [-0.4, -0.2) is 26.8 Å². The summed E-state index contributed by atoms with van der Waals surface area (Å²) in [5.41, 5.74) is 8.94. The zero-order valence-electron chi connectivity index (χ0n) is 11.1. The van der Waals surface area contributed by atoms with E-state index in [2.05, 4.69) is 18.0 Å². The Balaban J connectivity index is 2.08. The average Bonchev–Trinajstić information content (AvgIpc) is 2.35. The number of halogens is 1. The van der Waals surface area contributed by atoms with E-state index in [-0.39, 0.29) is 0 Å². The van der Waals surface area contributed by atoms with Gasteiger partial charge in [-0.1, -0.05) is 11.6 Å². The van der Waals surface area contributed by atoms with Gasteiger partial charge in [0, 0.05) is 31.8 Å². The molecule has 0 bridgehead atoms. The first kappa shape index (κ1) is 13.5. The van der Waals surface area contributed by atoms with Crippen LogP contribution >= 0.6 is 11.6 Å². The van der Waals surface area contributed by atoms with Gasteiger partial charge in [0.15, 0.2) is 0 Å². The number of anilines is 2. The normalized spacial score (nSPS) is 16.8. The van der Waals surface area contributed by atoms with Gasteiger partial charge in [-0.05, 0) is 43.4 Å². The van der Waals surface area contributed by atoms with Crippen LogP contribution in [0.25, 0.3) is 0 Å². The topological polar surface area (TPSA) is 38.5 Å². The van der Waals surface area contributed by atoms with Crippen molar-refractivity contribution in [2.75, 3.05) is 37.4 Å². The van der Waals surface area contributed by atoms with Crippen LogP contribution in [0, 0.1) is 12.8 Å². The van der Waals surface area contributed by atoms with Crippen molar-refractivity contribution >= 4 is 23.0 Å². The monoisotopic (exact) mass is 268 g/mol. The van der Waals surface area contributed by atoms with Crippen molar-refractivity contribution < 1.29 is 4.74 Å². The highest BCUT2D eigenvalue weighted by molar-refractivity contribution is 6.31. The van der Waals surface area contributed by atoms with Gasteiger partial charge in [0.25, 0.3) is 0 Å². The zero-order chi connectivity index (χ0) is 13.1. The Morgan fingerprint density at radius 1 is 1.39 bits per heavy atom. The summed E-state index contributed by atoms with van der Waals surface area (Å²) >= 11 is 6.07. The van der Waals surface area contributed by atoms with Crippen molar-refractivity contribution in [3.05, 3.63) is 22.7 Å². The lowest BCUT2D eigenvalue weighted by Gasteiger charge is -2.29. The number of aryl methyl sites for hydroxylation is 1. The van der Waals surface area contributed by atoms with Crippen LogP contribution in [0.3, 0.4) is 0 Å². The quantitative estimate of drug-likeness (QED) is 0.856. The number of rotatable bonds is 3. The van der Waals surface area contributed by atoms with Gasteiger partial charge in [-0.15, -0.1) is 0 Å². The second-order valence-electron chi connectivity index (χ2n) is 5.10. The molecule has 1 heterocycles. The molecule has 2 rings (SSSR count). The summed E-state index contributed by atoms with van der Waals surface area (Å²) in [6.07, 6.45) is 2.27. The maximum atomic E-state index is 6.07. The lowest BCUT2D eigenvalue weighted by atomic mass is 9.99. The summed E-state index contributed by atoms with van der Waals surface area (Å²) in [7, 11) is 2.09. The Hall–Kier alpha value is -0.930. The molecule has 0 spiro atoms. The summed E-state index contributed by atoms with van der Waals surface area (Å²) in [6, 6.07) is 3.91. The number of hydrogen-bond acceptors (Lipinski definition) is 3. The fourth-order valence-corrected chi connectivity index (χ4v) is 2.60. The molecule has 0 aromatic heterocycles. The van der Waals surface area contributed by atoms with E-state index in [0.717, 1.165) is 54.6 Å². The molecule has 1 fully saturated rings. The van der Waals surface area contributed by atoms with Gasteiger partial charge in [-0.25, -0.2) is 0 Å². The van der Waals surface area contributed by atoms with Crippen LogP contribution in [-0.2, 0) is 4.74 Å². The summed E-state index contributed by atoms with van der Waals surface area (Å²) in [5.74, 6) is 0.694. The van der Waals surface area contributed by atoms with Gasteiger partial charge >= 0.3 is 0 Å². The Labute approximate surface area is 114 Å². The molecule has 0 saturated carbocycles. The van der Waals surface area contributed by atoms with Crippen molar-refractivity contribution in [2.24, 2.45) is 5.92 Å².